The molecule has 5 nitrogen and oxygen atoms in total. The van der Waals surface area contributed by atoms with Gasteiger partial charge in [-0.2, -0.15) is 18.4 Å². The van der Waals surface area contributed by atoms with Crippen molar-refractivity contribution < 1.29 is 30.6 Å². The summed E-state index contributed by atoms with van der Waals surface area (Å²) in [6.07, 6.45) is 1.05. The van der Waals surface area contributed by atoms with Crippen LogP contribution in [-0.4, -0.2) is 42.6 Å². The Labute approximate surface area is 133 Å². The molecule has 1 aliphatic rings. The van der Waals surface area contributed by atoms with Crippen LogP contribution in [0.4, 0.5) is 13.2 Å². The van der Waals surface area contributed by atoms with Crippen LogP contribution in [0.15, 0.2) is 30.3 Å². The van der Waals surface area contributed by atoms with E-state index in [-0.39, 0.29) is 6.04 Å². The average Bonchev–Trinajstić information content (AvgIpc) is 2.44. The van der Waals surface area contributed by atoms with Crippen LogP contribution in [0, 0.1) is 11.3 Å². The van der Waals surface area contributed by atoms with Crippen molar-refractivity contribution in [2.45, 2.75) is 30.9 Å². The van der Waals surface area contributed by atoms with E-state index in [4.69, 9.17) is 18.2 Å². The highest BCUT2D eigenvalue weighted by molar-refractivity contribution is 7.86. The zero-order valence-corrected chi connectivity index (χ0v) is 13.4. The van der Waals surface area contributed by atoms with E-state index in [9.17, 15) is 13.2 Å². The normalized spacial score (nSPS) is 25.3. The maximum atomic E-state index is 10.7. The fourth-order valence-electron chi connectivity index (χ4n) is 2.40. The Bertz CT molecular complexity index is 671. The van der Waals surface area contributed by atoms with Gasteiger partial charge in [-0.3, -0.25) is 0 Å². The maximum Gasteiger partial charge on any atom is 0.485 e. The van der Waals surface area contributed by atoms with Crippen molar-refractivity contribution >= 4 is 10.1 Å². The van der Waals surface area contributed by atoms with Crippen LogP contribution < -0.4 is 0 Å². The molecule has 1 heterocycles. The molecule has 128 valence electrons. The number of nitrogens with zero attached hydrogens (tertiary/aromatic N) is 2. The van der Waals surface area contributed by atoms with Crippen LogP contribution in [0.2, 0.25) is 0 Å². The van der Waals surface area contributed by atoms with E-state index >= 15 is 0 Å². The van der Waals surface area contributed by atoms with Gasteiger partial charge in [-0.1, -0.05) is 30.3 Å². The van der Waals surface area contributed by atoms with E-state index in [0.717, 1.165) is 17.4 Å². The quantitative estimate of drug-likeness (QED) is 0.466. The molecule has 0 bridgehead atoms. The van der Waals surface area contributed by atoms with Crippen molar-refractivity contribution in [2.75, 3.05) is 13.6 Å². The fraction of sp³-hybridized carbons (Fsp3) is 0.500. The van der Waals surface area contributed by atoms with E-state index in [0.29, 0.717) is 6.04 Å². The number of alkyl halides is 3. The van der Waals surface area contributed by atoms with E-state index in [2.05, 4.69) is 44.3 Å². The molecule has 2 rings (SSSR count). The summed E-state index contributed by atoms with van der Waals surface area (Å²) >= 11 is 0. The van der Waals surface area contributed by atoms with E-state index < -0.39 is 15.6 Å². The minimum Gasteiger partial charge on any atom is -0.741 e. The lowest BCUT2D eigenvalue weighted by molar-refractivity contribution is -0.989. The van der Waals surface area contributed by atoms with Crippen LogP contribution in [0.1, 0.15) is 24.9 Å². The number of quaternary nitrogens is 1. The van der Waals surface area contributed by atoms with Gasteiger partial charge in [0.1, 0.15) is 12.1 Å². The summed E-state index contributed by atoms with van der Waals surface area (Å²) in [4.78, 5) is 0. The molecule has 3 atom stereocenters. The summed E-state index contributed by atoms with van der Waals surface area (Å²) in [5, 5.41) is 9.05. The van der Waals surface area contributed by atoms with Gasteiger partial charge in [0.2, 0.25) is 0 Å². The molecule has 0 amide bonds. The third kappa shape index (κ3) is 4.43. The smallest absolute Gasteiger partial charge is 0.485 e. The van der Waals surface area contributed by atoms with Gasteiger partial charge in [0, 0.05) is 5.56 Å². The molecule has 1 saturated heterocycles. The van der Waals surface area contributed by atoms with Gasteiger partial charge >= 0.3 is 5.51 Å². The molecule has 1 aliphatic heterocycles. The zero-order chi connectivity index (χ0) is 17.9. The Morgan fingerprint density at radius 2 is 1.83 bits per heavy atom. The lowest BCUT2D eigenvalue weighted by atomic mass is 9.93. The molecule has 1 aromatic rings. The summed E-state index contributed by atoms with van der Waals surface area (Å²) < 4.78 is 59.8. The molecule has 0 N–H and O–H groups in total. The maximum absolute atomic E-state index is 10.7. The van der Waals surface area contributed by atoms with Crippen LogP contribution >= 0.6 is 0 Å². The molecule has 23 heavy (non-hydrogen) atoms. The second kappa shape index (κ2) is 6.86. The SMILES string of the molecule is C[C@@H](c1ccccc1)[N@+]1(C)CC[C@H]1C#N.O=S(=O)([O-])C(F)(F)F. The highest BCUT2D eigenvalue weighted by Gasteiger charge is 2.47. The molecule has 0 radical (unpaired) electrons. The largest absolute Gasteiger partial charge is 0.741 e. The number of nitriles is 1. The minimum atomic E-state index is -6.09. The Kier molecular flexibility index (Phi) is 5.79. The van der Waals surface area contributed by atoms with Gasteiger partial charge in [-0.15, -0.1) is 0 Å². The summed E-state index contributed by atoms with van der Waals surface area (Å²) in [7, 11) is -3.90. The number of halogens is 3. The minimum absolute atomic E-state index is 0.181. The van der Waals surface area contributed by atoms with Gasteiger partial charge in [-0.25, -0.2) is 8.42 Å². The number of hydrogen-bond donors (Lipinski definition) is 0. The van der Waals surface area contributed by atoms with Crippen molar-refractivity contribution in [1.29, 1.82) is 5.26 Å². The third-order valence-corrected chi connectivity index (χ3v) is 4.76. The first-order valence-corrected chi connectivity index (χ1v) is 8.16. The topological polar surface area (TPSA) is 81.0 Å². The van der Waals surface area contributed by atoms with Crippen molar-refractivity contribution in [3.05, 3.63) is 35.9 Å². The summed E-state index contributed by atoms with van der Waals surface area (Å²) in [6, 6.07) is 13.5. The second-order valence-electron chi connectivity index (χ2n) is 5.49. The Balaban J connectivity index is 0.000000284. The predicted octanol–water partition coefficient (Wildman–Crippen LogP) is 2.54. The summed E-state index contributed by atoms with van der Waals surface area (Å²) in [5.41, 5.74) is -4.31. The number of benzene rings is 1. The Hall–Kier alpha value is -1.63. The first-order chi connectivity index (χ1) is 10.4. The molecule has 0 aliphatic carbocycles. The van der Waals surface area contributed by atoms with Crippen molar-refractivity contribution in [2.24, 2.45) is 0 Å². The number of likely N-dealkylation sites (tertiary alicyclic amines) is 1. The van der Waals surface area contributed by atoms with Gasteiger partial charge in [0.15, 0.2) is 16.2 Å². The Morgan fingerprint density at radius 3 is 2.13 bits per heavy atom. The summed E-state index contributed by atoms with van der Waals surface area (Å²) in [6.45, 7) is 3.34. The molecule has 1 aromatic carbocycles. The predicted molar refractivity (Wildman–Crippen MR) is 75.7 cm³/mol. The molecule has 0 unspecified atom stereocenters. The first kappa shape index (κ1) is 19.4. The van der Waals surface area contributed by atoms with E-state index in [1.165, 1.54) is 5.56 Å². The van der Waals surface area contributed by atoms with E-state index in [1.807, 2.05) is 6.07 Å². The number of rotatable bonds is 2. The van der Waals surface area contributed by atoms with Gasteiger partial charge < -0.3 is 9.04 Å². The van der Waals surface area contributed by atoms with Crippen LogP contribution in [0.5, 0.6) is 0 Å². The molecule has 9 heteroatoms. The van der Waals surface area contributed by atoms with E-state index in [1.54, 1.807) is 0 Å². The van der Waals surface area contributed by atoms with Crippen molar-refractivity contribution in [3.8, 4) is 6.07 Å². The lowest BCUT2D eigenvalue weighted by Gasteiger charge is -2.50. The molecule has 0 saturated carbocycles. The van der Waals surface area contributed by atoms with Gasteiger partial charge in [0.05, 0.1) is 20.0 Å². The van der Waals surface area contributed by atoms with Crippen LogP contribution in [-0.2, 0) is 10.1 Å². The molecule has 0 aromatic heterocycles. The third-order valence-electron chi connectivity index (χ3n) is 4.20. The molecule has 0 spiro atoms. The molecular formula is C14H17F3N2O3S. The van der Waals surface area contributed by atoms with Crippen LogP contribution in [0.25, 0.3) is 0 Å². The van der Waals surface area contributed by atoms with Gasteiger partial charge in [-0.05, 0) is 6.92 Å². The Morgan fingerprint density at radius 1 is 1.35 bits per heavy atom. The number of hydrogen-bond acceptors (Lipinski definition) is 4. The summed E-state index contributed by atoms with van der Waals surface area (Å²) in [5.74, 6) is 0. The molecular weight excluding hydrogens is 333 g/mol. The van der Waals surface area contributed by atoms with Crippen molar-refractivity contribution in [1.82, 2.24) is 0 Å². The van der Waals surface area contributed by atoms with Crippen molar-refractivity contribution in [3.63, 3.8) is 0 Å². The lowest BCUT2D eigenvalue weighted by Crippen LogP contribution is -2.62. The highest BCUT2D eigenvalue weighted by atomic mass is 32.2. The second-order valence-corrected chi connectivity index (χ2v) is 6.86. The first-order valence-electron chi connectivity index (χ1n) is 6.75. The fourth-order valence-corrected chi connectivity index (χ4v) is 2.40. The monoisotopic (exact) mass is 350 g/mol. The van der Waals surface area contributed by atoms with Gasteiger partial charge in [0.25, 0.3) is 0 Å². The molecule has 1 fully saturated rings. The average molecular weight is 350 g/mol. The van der Waals surface area contributed by atoms with Crippen LogP contribution in [0.3, 0.4) is 0 Å². The standard InChI is InChI=1S/C13H17N2.CHF3O3S/c1-11(12-6-4-3-5-7-12)15(2)9-8-13(15)10-14;2-1(3,4)8(5,6)7/h3-7,11,13H,8-9H2,1-2H3;(H,5,6,7)/q+1;/p-1/t11-,13-,15-;/m0./s1. The highest BCUT2D eigenvalue weighted by Crippen LogP contribution is 2.37. The zero-order valence-electron chi connectivity index (χ0n) is 12.6.